The van der Waals surface area contributed by atoms with Gasteiger partial charge in [-0.15, -0.1) is 0 Å². The molecule has 6 heteroatoms. The van der Waals surface area contributed by atoms with Crippen LogP contribution in [0.2, 0.25) is 0 Å². The van der Waals surface area contributed by atoms with Gasteiger partial charge in [0, 0.05) is 6.08 Å². The third-order valence-electron chi connectivity index (χ3n) is 2.43. The van der Waals surface area contributed by atoms with Crippen LogP contribution >= 0.6 is 0 Å². The van der Waals surface area contributed by atoms with Crippen molar-refractivity contribution >= 4 is 5.97 Å². The molecular formula is C10H12F2O4. The van der Waals surface area contributed by atoms with E-state index in [1.165, 1.54) is 0 Å². The van der Waals surface area contributed by atoms with Gasteiger partial charge >= 0.3 is 11.9 Å². The van der Waals surface area contributed by atoms with E-state index in [1.807, 2.05) is 0 Å². The number of carbonyl (C=O) groups excluding carboxylic acids is 1. The molecule has 0 N–H and O–H groups in total. The standard InChI is InChI=1S/C10H12F2O4/c1-9(2)14-5-6(16-9)8-10(11,12)4-3-7(13)15-8/h3-4,6,8H,5H2,1-2H3/t6-,8?/m1/s1. The molecule has 2 heterocycles. The molecule has 4 nitrogen and oxygen atoms in total. The van der Waals surface area contributed by atoms with Gasteiger partial charge in [0.2, 0.25) is 0 Å². The smallest absolute Gasteiger partial charge is 0.331 e. The van der Waals surface area contributed by atoms with Gasteiger partial charge < -0.3 is 14.2 Å². The van der Waals surface area contributed by atoms with Crippen LogP contribution in [0.4, 0.5) is 8.78 Å². The monoisotopic (exact) mass is 234 g/mol. The minimum Gasteiger partial charge on any atom is -0.449 e. The van der Waals surface area contributed by atoms with E-state index < -0.39 is 29.9 Å². The lowest BCUT2D eigenvalue weighted by Gasteiger charge is -2.30. The molecule has 1 fully saturated rings. The van der Waals surface area contributed by atoms with Gasteiger partial charge in [-0.2, -0.15) is 8.78 Å². The fraction of sp³-hybridized carbons (Fsp3) is 0.700. The third kappa shape index (κ3) is 2.08. The van der Waals surface area contributed by atoms with Crippen LogP contribution in [0.3, 0.4) is 0 Å². The molecule has 2 rings (SSSR count). The molecule has 0 saturated carbocycles. The molecule has 0 aliphatic carbocycles. The second-order valence-electron chi connectivity index (χ2n) is 4.23. The Balaban J connectivity index is 2.15. The highest BCUT2D eigenvalue weighted by atomic mass is 19.3. The number of cyclic esters (lactones) is 1. The van der Waals surface area contributed by atoms with Crippen molar-refractivity contribution in [3.8, 4) is 0 Å². The highest BCUT2D eigenvalue weighted by Crippen LogP contribution is 2.35. The molecule has 2 atom stereocenters. The zero-order valence-corrected chi connectivity index (χ0v) is 8.91. The van der Waals surface area contributed by atoms with Crippen LogP contribution in [0.5, 0.6) is 0 Å². The van der Waals surface area contributed by atoms with Crippen LogP contribution in [-0.4, -0.2) is 36.5 Å². The Morgan fingerprint density at radius 2 is 2.12 bits per heavy atom. The van der Waals surface area contributed by atoms with E-state index in [0.29, 0.717) is 6.08 Å². The fourth-order valence-corrected chi connectivity index (χ4v) is 1.71. The lowest BCUT2D eigenvalue weighted by molar-refractivity contribution is -0.198. The van der Waals surface area contributed by atoms with Crippen LogP contribution < -0.4 is 0 Å². The van der Waals surface area contributed by atoms with Crippen molar-refractivity contribution in [2.24, 2.45) is 0 Å². The molecule has 0 radical (unpaired) electrons. The van der Waals surface area contributed by atoms with Gasteiger partial charge in [0.25, 0.3) is 0 Å². The normalized spacial score (nSPS) is 36.1. The van der Waals surface area contributed by atoms with E-state index in [1.54, 1.807) is 13.8 Å². The van der Waals surface area contributed by atoms with Crippen molar-refractivity contribution < 1.29 is 27.8 Å². The number of carbonyl (C=O) groups is 1. The van der Waals surface area contributed by atoms with Crippen molar-refractivity contribution in [2.75, 3.05) is 6.61 Å². The van der Waals surface area contributed by atoms with E-state index >= 15 is 0 Å². The lowest BCUT2D eigenvalue weighted by Crippen LogP contribution is -2.48. The van der Waals surface area contributed by atoms with E-state index in [-0.39, 0.29) is 6.61 Å². The number of hydrogen-bond donors (Lipinski definition) is 0. The summed E-state index contributed by atoms with van der Waals surface area (Å²) < 4.78 is 41.9. The summed E-state index contributed by atoms with van der Waals surface area (Å²) in [4.78, 5) is 10.9. The first kappa shape index (κ1) is 11.5. The van der Waals surface area contributed by atoms with E-state index in [4.69, 9.17) is 9.47 Å². The highest BCUT2D eigenvalue weighted by molar-refractivity contribution is 5.83. The third-order valence-corrected chi connectivity index (χ3v) is 2.43. The zero-order chi connectivity index (χ0) is 12.0. The summed E-state index contributed by atoms with van der Waals surface area (Å²) in [6.07, 6.45) is -1.30. The molecule has 2 aliphatic rings. The molecule has 0 aromatic rings. The van der Waals surface area contributed by atoms with Crippen molar-refractivity contribution in [1.82, 2.24) is 0 Å². The van der Waals surface area contributed by atoms with Gasteiger partial charge in [-0.25, -0.2) is 4.79 Å². The number of hydrogen-bond acceptors (Lipinski definition) is 4. The molecule has 1 unspecified atom stereocenters. The molecule has 0 amide bonds. The number of alkyl halides is 2. The second-order valence-corrected chi connectivity index (χ2v) is 4.23. The van der Waals surface area contributed by atoms with Gasteiger partial charge in [-0.05, 0) is 19.9 Å². The minimum absolute atomic E-state index is 0.0195. The highest BCUT2D eigenvalue weighted by Gasteiger charge is 2.52. The summed E-state index contributed by atoms with van der Waals surface area (Å²) in [6.45, 7) is 3.21. The molecule has 1 saturated heterocycles. The largest absolute Gasteiger partial charge is 0.449 e. The van der Waals surface area contributed by atoms with Gasteiger partial charge in [-0.1, -0.05) is 0 Å². The molecule has 0 aromatic carbocycles. The van der Waals surface area contributed by atoms with Crippen LogP contribution in [-0.2, 0) is 19.0 Å². The van der Waals surface area contributed by atoms with Gasteiger partial charge in [0.15, 0.2) is 11.9 Å². The molecule has 16 heavy (non-hydrogen) atoms. The number of ether oxygens (including phenoxy) is 3. The predicted molar refractivity (Wildman–Crippen MR) is 48.9 cm³/mol. The van der Waals surface area contributed by atoms with E-state index in [9.17, 15) is 13.6 Å². The Bertz CT molecular complexity index is 338. The molecular weight excluding hydrogens is 222 g/mol. The van der Waals surface area contributed by atoms with Crippen LogP contribution in [0, 0.1) is 0 Å². The Kier molecular flexibility index (Phi) is 2.51. The second kappa shape index (κ2) is 3.49. The summed E-state index contributed by atoms with van der Waals surface area (Å²) in [5.74, 6) is -4.93. The van der Waals surface area contributed by atoms with E-state index in [0.717, 1.165) is 6.08 Å². The quantitative estimate of drug-likeness (QED) is 0.640. The lowest BCUT2D eigenvalue weighted by atomic mass is 10.0. The average molecular weight is 234 g/mol. The van der Waals surface area contributed by atoms with E-state index in [2.05, 4.69) is 4.74 Å². The maximum atomic E-state index is 13.4. The summed E-state index contributed by atoms with van der Waals surface area (Å²) in [7, 11) is 0. The summed E-state index contributed by atoms with van der Waals surface area (Å²) >= 11 is 0. The Labute approximate surface area is 91.2 Å². The van der Waals surface area contributed by atoms with Gasteiger partial charge in [0.1, 0.15) is 6.10 Å². The topological polar surface area (TPSA) is 44.8 Å². The Morgan fingerprint density at radius 3 is 2.69 bits per heavy atom. The van der Waals surface area contributed by atoms with Crippen molar-refractivity contribution in [3.05, 3.63) is 12.2 Å². The van der Waals surface area contributed by atoms with Crippen LogP contribution in [0.1, 0.15) is 13.8 Å². The molecule has 2 aliphatic heterocycles. The zero-order valence-electron chi connectivity index (χ0n) is 8.91. The first-order chi connectivity index (χ1) is 7.30. The van der Waals surface area contributed by atoms with Gasteiger partial charge in [0.05, 0.1) is 6.61 Å². The van der Waals surface area contributed by atoms with Crippen molar-refractivity contribution in [1.29, 1.82) is 0 Å². The summed E-state index contributed by atoms with van der Waals surface area (Å²) in [6, 6.07) is 0. The van der Waals surface area contributed by atoms with Crippen LogP contribution in [0.25, 0.3) is 0 Å². The molecule has 0 spiro atoms. The predicted octanol–water partition coefficient (Wildman–Crippen LogP) is 1.25. The van der Waals surface area contributed by atoms with Crippen LogP contribution in [0.15, 0.2) is 12.2 Å². The first-order valence-corrected chi connectivity index (χ1v) is 4.90. The van der Waals surface area contributed by atoms with Crippen molar-refractivity contribution in [3.63, 3.8) is 0 Å². The van der Waals surface area contributed by atoms with Crippen molar-refractivity contribution in [2.45, 2.75) is 37.8 Å². The molecule has 0 bridgehead atoms. The Hall–Kier alpha value is -1.01. The minimum atomic E-state index is -3.22. The van der Waals surface area contributed by atoms with Gasteiger partial charge in [-0.3, -0.25) is 0 Å². The maximum Gasteiger partial charge on any atom is 0.331 e. The number of halogens is 2. The average Bonchev–Trinajstić information content (AvgIpc) is 2.50. The number of rotatable bonds is 1. The summed E-state index contributed by atoms with van der Waals surface area (Å²) in [5, 5.41) is 0. The molecule has 90 valence electrons. The SMILES string of the molecule is CC1(C)OC[C@H](C2OC(=O)C=CC2(F)F)O1. The fourth-order valence-electron chi connectivity index (χ4n) is 1.71. The maximum absolute atomic E-state index is 13.4. The number of esters is 1. The Morgan fingerprint density at radius 1 is 1.44 bits per heavy atom. The molecule has 0 aromatic heterocycles. The summed E-state index contributed by atoms with van der Waals surface area (Å²) in [5.41, 5.74) is 0. The first-order valence-electron chi connectivity index (χ1n) is 4.90.